The Balaban J connectivity index is 1.73. The fourth-order valence-electron chi connectivity index (χ4n) is 1.41. The van der Waals surface area contributed by atoms with Crippen molar-refractivity contribution in [3.05, 3.63) is 34.2 Å². The van der Waals surface area contributed by atoms with Gasteiger partial charge in [0, 0.05) is 19.2 Å². The molecule has 16 heavy (non-hydrogen) atoms. The second-order valence-electron chi connectivity index (χ2n) is 3.49. The molecule has 0 saturated carbocycles. The van der Waals surface area contributed by atoms with E-state index in [2.05, 4.69) is 16.0 Å². The summed E-state index contributed by atoms with van der Waals surface area (Å²) in [4.78, 5) is 11.6. The van der Waals surface area contributed by atoms with Gasteiger partial charge in [0.15, 0.2) is 0 Å². The first-order chi connectivity index (χ1) is 7.86. The van der Waals surface area contributed by atoms with Gasteiger partial charge in [-0.3, -0.25) is 5.32 Å². The molecule has 0 fully saturated rings. The van der Waals surface area contributed by atoms with Crippen molar-refractivity contribution in [2.45, 2.75) is 6.42 Å². The van der Waals surface area contributed by atoms with E-state index < -0.39 is 0 Å². The van der Waals surface area contributed by atoms with E-state index in [4.69, 9.17) is 4.74 Å². The first-order valence-electron chi connectivity index (χ1n) is 5.17. The largest absolute Gasteiger partial charge is 0.462 e. The smallest absolute Gasteiger partial charge is 0.336 e. The summed E-state index contributed by atoms with van der Waals surface area (Å²) in [6.45, 7) is 1.71. The summed E-state index contributed by atoms with van der Waals surface area (Å²) >= 11 is 1.65. The lowest BCUT2D eigenvalue weighted by molar-refractivity contribution is -0.139. The van der Waals surface area contributed by atoms with Crippen molar-refractivity contribution in [1.82, 2.24) is 10.6 Å². The van der Waals surface area contributed by atoms with Gasteiger partial charge >= 0.3 is 5.97 Å². The molecular formula is C11H14N2O2S. The van der Waals surface area contributed by atoms with Gasteiger partial charge in [0.05, 0.1) is 18.8 Å². The third-order valence-corrected chi connectivity index (χ3v) is 3.02. The number of hydrogen-bond acceptors (Lipinski definition) is 5. The van der Waals surface area contributed by atoms with Crippen LogP contribution < -0.4 is 10.6 Å². The molecule has 1 aromatic heterocycles. The van der Waals surface area contributed by atoms with Crippen LogP contribution in [-0.2, 0) is 16.0 Å². The molecular weight excluding hydrogens is 224 g/mol. The topological polar surface area (TPSA) is 50.4 Å². The minimum Gasteiger partial charge on any atom is -0.462 e. The van der Waals surface area contributed by atoms with Gasteiger partial charge in [-0.15, -0.1) is 0 Å². The molecule has 86 valence electrons. The lowest BCUT2D eigenvalue weighted by Gasteiger charge is -2.14. The Kier molecular flexibility index (Phi) is 3.96. The van der Waals surface area contributed by atoms with Crippen LogP contribution in [0.15, 0.2) is 28.6 Å². The van der Waals surface area contributed by atoms with E-state index in [1.807, 2.05) is 11.4 Å². The van der Waals surface area contributed by atoms with E-state index in [1.54, 1.807) is 17.5 Å². The van der Waals surface area contributed by atoms with Crippen LogP contribution in [0.2, 0.25) is 0 Å². The minimum absolute atomic E-state index is 0.241. The number of thiophene rings is 1. The van der Waals surface area contributed by atoms with E-state index >= 15 is 0 Å². The van der Waals surface area contributed by atoms with Gasteiger partial charge in [-0.2, -0.15) is 11.3 Å². The van der Waals surface area contributed by atoms with Gasteiger partial charge in [-0.05, 0) is 22.4 Å². The van der Waals surface area contributed by atoms with Crippen LogP contribution in [-0.4, -0.2) is 25.8 Å². The average molecular weight is 238 g/mol. The Hall–Kier alpha value is -1.33. The van der Waals surface area contributed by atoms with Crippen LogP contribution in [0.4, 0.5) is 0 Å². The van der Waals surface area contributed by atoms with Crippen LogP contribution in [0, 0.1) is 0 Å². The average Bonchev–Trinajstić information content (AvgIpc) is 2.83. The van der Waals surface area contributed by atoms with Crippen molar-refractivity contribution in [3.63, 3.8) is 0 Å². The Morgan fingerprint density at radius 2 is 2.50 bits per heavy atom. The molecule has 4 nitrogen and oxygen atoms in total. The van der Waals surface area contributed by atoms with Crippen LogP contribution in [0.5, 0.6) is 0 Å². The zero-order valence-corrected chi connectivity index (χ0v) is 9.68. The molecule has 0 saturated heterocycles. The van der Waals surface area contributed by atoms with Crippen molar-refractivity contribution in [1.29, 1.82) is 0 Å². The van der Waals surface area contributed by atoms with Crippen LogP contribution >= 0.6 is 11.3 Å². The van der Waals surface area contributed by atoms with E-state index in [0.717, 1.165) is 6.42 Å². The highest BCUT2D eigenvalue weighted by Gasteiger charge is 2.12. The van der Waals surface area contributed by atoms with Gasteiger partial charge < -0.3 is 10.1 Å². The summed E-state index contributed by atoms with van der Waals surface area (Å²) in [5, 5.41) is 10.1. The Bertz CT molecular complexity index is 373. The maximum Gasteiger partial charge on any atom is 0.336 e. The van der Waals surface area contributed by atoms with Crippen molar-refractivity contribution < 1.29 is 9.53 Å². The molecule has 1 aliphatic heterocycles. The Labute approximate surface area is 98.3 Å². The fourth-order valence-corrected chi connectivity index (χ4v) is 2.12. The van der Waals surface area contributed by atoms with E-state index in [1.165, 1.54) is 5.56 Å². The zero-order valence-electron chi connectivity index (χ0n) is 8.86. The Morgan fingerprint density at radius 3 is 3.19 bits per heavy atom. The van der Waals surface area contributed by atoms with Gasteiger partial charge in [-0.1, -0.05) is 0 Å². The highest BCUT2D eigenvalue weighted by Crippen LogP contribution is 2.07. The Morgan fingerprint density at radius 1 is 1.56 bits per heavy atom. The minimum atomic E-state index is -0.241. The first kappa shape index (κ1) is 11.2. The van der Waals surface area contributed by atoms with Gasteiger partial charge in [-0.25, -0.2) is 4.79 Å². The molecule has 2 N–H and O–H groups in total. The molecule has 1 aromatic rings. The van der Waals surface area contributed by atoms with Crippen molar-refractivity contribution in [3.8, 4) is 0 Å². The molecule has 0 unspecified atom stereocenters. The van der Waals surface area contributed by atoms with Crippen LogP contribution in [0.25, 0.3) is 0 Å². The number of carbonyl (C=O) groups is 1. The molecule has 0 radical (unpaired) electrons. The molecule has 2 rings (SSSR count). The molecule has 0 atom stereocenters. The molecule has 0 spiro atoms. The molecule has 2 heterocycles. The predicted octanol–water partition coefficient (Wildman–Crippen LogP) is 0.868. The number of rotatable bonds is 4. The second-order valence-corrected chi connectivity index (χ2v) is 4.27. The number of hydrogen-bond donors (Lipinski definition) is 2. The number of ether oxygens (including phenoxy) is 1. The summed E-state index contributed by atoms with van der Waals surface area (Å²) < 4.78 is 5.17. The van der Waals surface area contributed by atoms with Crippen molar-refractivity contribution in [2.24, 2.45) is 0 Å². The van der Waals surface area contributed by atoms with Crippen LogP contribution in [0.3, 0.4) is 0 Å². The predicted molar refractivity (Wildman–Crippen MR) is 63.1 cm³/mol. The maximum absolute atomic E-state index is 11.6. The number of nitrogens with one attached hydrogen (secondary N) is 2. The SMILES string of the molecule is O=C(OCCc1ccsc1)C1=CNCNC1. The van der Waals surface area contributed by atoms with Crippen molar-refractivity contribution >= 4 is 17.3 Å². The zero-order chi connectivity index (χ0) is 11.2. The summed E-state index contributed by atoms with van der Waals surface area (Å²) in [7, 11) is 0. The third kappa shape index (κ3) is 3.08. The summed E-state index contributed by atoms with van der Waals surface area (Å²) in [6, 6.07) is 2.04. The third-order valence-electron chi connectivity index (χ3n) is 2.28. The summed E-state index contributed by atoms with van der Waals surface area (Å²) in [5.41, 5.74) is 1.86. The van der Waals surface area contributed by atoms with Crippen molar-refractivity contribution in [2.75, 3.05) is 19.8 Å². The van der Waals surface area contributed by atoms with E-state index in [-0.39, 0.29) is 5.97 Å². The number of carbonyl (C=O) groups excluding carboxylic acids is 1. The van der Waals surface area contributed by atoms with Gasteiger partial charge in [0.1, 0.15) is 0 Å². The molecule has 0 amide bonds. The van der Waals surface area contributed by atoms with E-state index in [9.17, 15) is 4.79 Å². The monoisotopic (exact) mass is 238 g/mol. The second kappa shape index (κ2) is 5.67. The van der Waals surface area contributed by atoms with E-state index in [0.29, 0.717) is 25.4 Å². The maximum atomic E-state index is 11.6. The van der Waals surface area contributed by atoms with Gasteiger partial charge in [0.2, 0.25) is 0 Å². The molecule has 0 aromatic carbocycles. The van der Waals surface area contributed by atoms with Crippen LogP contribution in [0.1, 0.15) is 5.56 Å². The molecule has 1 aliphatic rings. The molecule has 0 aliphatic carbocycles. The summed E-state index contributed by atoms with van der Waals surface area (Å²) in [6.07, 6.45) is 2.49. The highest BCUT2D eigenvalue weighted by atomic mass is 32.1. The first-order valence-corrected chi connectivity index (χ1v) is 6.12. The van der Waals surface area contributed by atoms with Gasteiger partial charge in [0.25, 0.3) is 0 Å². The highest BCUT2D eigenvalue weighted by molar-refractivity contribution is 7.07. The lowest BCUT2D eigenvalue weighted by Crippen LogP contribution is -2.35. The quantitative estimate of drug-likeness (QED) is 0.764. The molecule has 5 heteroatoms. The fraction of sp³-hybridized carbons (Fsp3) is 0.364. The number of esters is 1. The normalized spacial score (nSPS) is 15.1. The summed E-state index contributed by atoms with van der Waals surface area (Å²) in [5.74, 6) is -0.241. The lowest BCUT2D eigenvalue weighted by atomic mass is 10.2. The molecule has 0 bridgehead atoms. The standard InChI is InChI=1S/C11H14N2O2S/c14-11(10-5-12-8-13-6-10)15-3-1-9-2-4-16-7-9/h2,4-5,7,12-13H,1,3,6,8H2.